The zero-order valence-corrected chi connectivity index (χ0v) is 35.5. The summed E-state index contributed by atoms with van der Waals surface area (Å²) in [6.07, 6.45) is 0.807. The van der Waals surface area contributed by atoms with Crippen LogP contribution in [0.3, 0.4) is 0 Å². The minimum atomic E-state index is 0.776. The lowest BCUT2D eigenvalue weighted by atomic mass is 9.80. The molecule has 0 bridgehead atoms. The minimum absolute atomic E-state index is 0.776. The molecule has 1 aliphatic rings. The van der Waals surface area contributed by atoms with Crippen molar-refractivity contribution in [1.82, 2.24) is 15.4 Å². The van der Waals surface area contributed by atoms with E-state index in [4.69, 9.17) is 19.8 Å². The third-order valence-corrected chi connectivity index (χ3v) is 13.2. The summed E-state index contributed by atoms with van der Waals surface area (Å²) in [5.74, 6) is 0. The Labute approximate surface area is 372 Å². The number of aromatic nitrogens is 3. The van der Waals surface area contributed by atoms with Crippen molar-refractivity contribution >= 4 is 21.9 Å². The van der Waals surface area contributed by atoms with Gasteiger partial charge in [-0.05, 0) is 116 Å². The quantitative estimate of drug-likeness (QED) is 0.161. The topological polar surface area (TPSA) is 51.8 Å². The SMILES string of the molecule is Cc1cc2c(c(-c3c(-c4ccccc4)nnnc3-c3c(-c4ccccc4-c4ccccc4)cccc3-c3c(-c4ccccc4)ccc4oc5ccccc5c34)c1C)Cc1ccccc1-2. The molecule has 0 N–H and O–H groups in total. The Hall–Kier alpha value is -8.21. The number of aryl methyl sites for hydroxylation is 1. The van der Waals surface area contributed by atoms with Crippen molar-refractivity contribution in [3.63, 3.8) is 0 Å². The number of hydrogen-bond acceptors (Lipinski definition) is 4. The van der Waals surface area contributed by atoms with Crippen LogP contribution >= 0.6 is 0 Å². The van der Waals surface area contributed by atoms with E-state index in [1.54, 1.807) is 0 Å². The number of para-hydroxylation sites is 1. The van der Waals surface area contributed by atoms with Crippen LogP contribution in [0.2, 0.25) is 0 Å². The van der Waals surface area contributed by atoms with Crippen molar-refractivity contribution in [2.75, 3.05) is 0 Å². The van der Waals surface area contributed by atoms with Gasteiger partial charge in [0, 0.05) is 33.0 Å². The van der Waals surface area contributed by atoms with Gasteiger partial charge in [-0.15, -0.1) is 10.2 Å². The number of furan rings is 1. The van der Waals surface area contributed by atoms with Crippen LogP contribution in [0.4, 0.5) is 0 Å². The molecule has 64 heavy (non-hydrogen) atoms. The van der Waals surface area contributed by atoms with E-state index in [9.17, 15) is 0 Å². The molecule has 0 saturated carbocycles. The van der Waals surface area contributed by atoms with Crippen molar-refractivity contribution in [2.45, 2.75) is 20.3 Å². The van der Waals surface area contributed by atoms with Crippen LogP contribution in [-0.4, -0.2) is 15.4 Å². The molecule has 0 aliphatic heterocycles. The van der Waals surface area contributed by atoms with Crippen LogP contribution < -0.4 is 0 Å². The van der Waals surface area contributed by atoms with E-state index in [2.05, 4.69) is 208 Å². The summed E-state index contributed by atoms with van der Waals surface area (Å²) < 4.78 is 6.68. The first-order valence-electron chi connectivity index (χ1n) is 21.9. The average Bonchev–Trinajstić information content (AvgIpc) is 3.93. The number of hydrogen-bond donors (Lipinski definition) is 0. The summed E-state index contributed by atoms with van der Waals surface area (Å²) in [5, 5.41) is 17.1. The Kier molecular flexibility index (Phi) is 8.98. The van der Waals surface area contributed by atoms with E-state index in [-0.39, 0.29) is 0 Å². The summed E-state index contributed by atoms with van der Waals surface area (Å²) in [7, 11) is 0. The second kappa shape index (κ2) is 15.3. The molecule has 0 spiro atoms. The van der Waals surface area contributed by atoms with Gasteiger partial charge in [-0.1, -0.05) is 188 Å². The fourth-order valence-corrected chi connectivity index (χ4v) is 10.2. The van der Waals surface area contributed by atoms with Gasteiger partial charge >= 0.3 is 0 Å². The lowest BCUT2D eigenvalue weighted by Crippen LogP contribution is -2.06. The predicted molar refractivity (Wildman–Crippen MR) is 263 cm³/mol. The maximum Gasteiger partial charge on any atom is 0.136 e. The highest BCUT2D eigenvalue weighted by atomic mass is 16.3. The van der Waals surface area contributed by atoms with Crippen LogP contribution in [0.1, 0.15) is 22.3 Å². The van der Waals surface area contributed by atoms with Crippen LogP contribution in [0, 0.1) is 13.8 Å². The molecule has 4 heteroatoms. The Morgan fingerprint density at radius 3 is 1.75 bits per heavy atom. The van der Waals surface area contributed by atoms with Crippen molar-refractivity contribution in [1.29, 1.82) is 0 Å². The first-order valence-corrected chi connectivity index (χ1v) is 21.9. The summed E-state index contributed by atoms with van der Waals surface area (Å²) in [6.45, 7) is 4.49. The van der Waals surface area contributed by atoms with E-state index < -0.39 is 0 Å². The standard InChI is InChI=1S/C60H41N3O/c1-37-35-50-44-27-13-12-25-42(44)36-51(50)54(38(37)2)58-59(41-23-10-5-11-24-41)61-63-62-60(58)56-47(46-28-15-14-26-43(46)39-19-6-3-7-20-39)30-18-31-49(56)55-45(40-21-8-4-9-22-40)33-34-53-57(55)48-29-16-17-32-52(48)64-53/h3-35H,36H2,1-2H3. The molecule has 0 saturated heterocycles. The molecule has 12 rings (SSSR count). The van der Waals surface area contributed by atoms with Gasteiger partial charge in [-0.25, -0.2) is 0 Å². The second-order valence-electron chi connectivity index (χ2n) is 16.7. The molecular weight excluding hydrogens is 779 g/mol. The van der Waals surface area contributed by atoms with E-state index in [1.165, 1.54) is 33.4 Å². The van der Waals surface area contributed by atoms with Gasteiger partial charge in [0.05, 0.1) is 0 Å². The van der Waals surface area contributed by atoms with Gasteiger partial charge in [0.15, 0.2) is 0 Å². The van der Waals surface area contributed by atoms with Gasteiger partial charge < -0.3 is 4.42 Å². The van der Waals surface area contributed by atoms with Gasteiger partial charge in [-0.2, -0.15) is 0 Å². The highest BCUT2D eigenvalue weighted by Gasteiger charge is 2.32. The maximum atomic E-state index is 6.68. The Morgan fingerprint density at radius 2 is 0.984 bits per heavy atom. The lowest BCUT2D eigenvalue weighted by molar-refractivity contribution is 0.669. The third kappa shape index (κ3) is 6.02. The average molecular weight is 820 g/mol. The van der Waals surface area contributed by atoms with Gasteiger partial charge in [0.1, 0.15) is 22.6 Å². The smallest absolute Gasteiger partial charge is 0.136 e. The minimum Gasteiger partial charge on any atom is -0.456 e. The second-order valence-corrected chi connectivity index (χ2v) is 16.7. The van der Waals surface area contributed by atoms with Crippen LogP contribution in [0.5, 0.6) is 0 Å². The molecule has 0 radical (unpaired) electrons. The molecule has 0 fully saturated rings. The molecule has 9 aromatic carbocycles. The van der Waals surface area contributed by atoms with E-state index in [0.29, 0.717) is 0 Å². The number of rotatable bonds is 7. The van der Waals surface area contributed by atoms with E-state index >= 15 is 0 Å². The van der Waals surface area contributed by atoms with Crippen molar-refractivity contribution in [3.8, 4) is 89.3 Å². The van der Waals surface area contributed by atoms with Crippen LogP contribution in [0.15, 0.2) is 205 Å². The molecule has 0 unspecified atom stereocenters. The van der Waals surface area contributed by atoms with Crippen molar-refractivity contribution in [3.05, 3.63) is 222 Å². The summed E-state index contributed by atoms with van der Waals surface area (Å²) >= 11 is 0. The van der Waals surface area contributed by atoms with E-state index in [1.807, 2.05) is 6.07 Å². The molecule has 1 aliphatic carbocycles. The fourth-order valence-electron chi connectivity index (χ4n) is 10.2. The maximum absolute atomic E-state index is 6.68. The molecule has 4 nitrogen and oxygen atoms in total. The molecule has 0 amide bonds. The third-order valence-electron chi connectivity index (χ3n) is 13.2. The number of benzene rings is 9. The first-order chi connectivity index (χ1) is 31.6. The highest BCUT2D eigenvalue weighted by molar-refractivity contribution is 6.19. The molecule has 2 heterocycles. The van der Waals surface area contributed by atoms with Gasteiger partial charge in [0.25, 0.3) is 0 Å². The molecule has 11 aromatic rings. The molecule has 302 valence electrons. The first kappa shape index (κ1) is 37.5. The van der Waals surface area contributed by atoms with Crippen LogP contribution in [-0.2, 0) is 6.42 Å². The molecule has 0 atom stereocenters. The molecule has 2 aromatic heterocycles. The fraction of sp³-hybridized carbons (Fsp3) is 0.0500. The largest absolute Gasteiger partial charge is 0.456 e. The molecular formula is C60H41N3O. The summed E-state index contributed by atoms with van der Waals surface area (Å²) in [4.78, 5) is 0. The van der Waals surface area contributed by atoms with Gasteiger partial charge in [-0.3, -0.25) is 0 Å². The lowest BCUT2D eigenvalue weighted by Gasteiger charge is -2.24. The van der Waals surface area contributed by atoms with Crippen molar-refractivity contribution in [2.24, 2.45) is 0 Å². The highest BCUT2D eigenvalue weighted by Crippen LogP contribution is 2.54. The number of fused-ring (bicyclic) bond motifs is 6. The Balaban J connectivity index is 1.28. The summed E-state index contributed by atoms with van der Waals surface area (Å²) in [5.41, 5.74) is 23.7. The zero-order valence-electron chi connectivity index (χ0n) is 35.5. The van der Waals surface area contributed by atoms with Crippen molar-refractivity contribution < 1.29 is 4.42 Å². The summed E-state index contributed by atoms with van der Waals surface area (Å²) in [6, 6.07) is 71.2. The number of nitrogens with zero attached hydrogens (tertiary/aromatic N) is 3. The Bertz CT molecular complexity index is 3590. The normalized spacial score (nSPS) is 11.8. The Morgan fingerprint density at radius 1 is 0.391 bits per heavy atom. The van der Waals surface area contributed by atoms with E-state index in [0.717, 1.165) is 107 Å². The zero-order chi connectivity index (χ0) is 42.7. The monoisotopic (exact) mass is 819 g/mol. The van der Waals surface area contributed by atoms with Gasteiger partial charge in [0.2, 0.25) is 0 Å². The predicted octanol–water partition coefficient (Wildman–Crippen LogP) is 15.6. The van der Waals surface area contributed by atoms with Crippen LogP contribution in [0.25, 0.3) is 111 Å².